The number of halogens is 1. The fourth-order valence-electron chi connectivity index (χ4n) is 3.94. The molecule has 0 bridgehead atoms. The van der Waals surface area contributed by atoms with E-state index in [9.17, 15) is 4.39 Å². The summed E-state index contributed by atoms with van der Waals surface area (Å²) in [5.41, 5.74) is 9.10. The van der Waals surface area contributed by atoms with E-state index in [1.165, 1.54) is 12.1 Å². The fraction of sp³-hybridized carbons (Fsp3) is 0.474. The highest BCUT2D eigenvalue weighted by Gasteiger charge is 2.40. The maximum absolute atomic E-state index is 13.2. The van der Waals surface area contributed by atoms with Gasteiger partial charge in [0.15, 0.2) is 0 Å². The Morgan fingerprint density at radius 1 is 1.15 bits per heavy atom. The molecule has 4 rings (SSSR count). The van der Waals surface area contributed by atoms with Crippen LogP contribution >= 0.6 is 0 Å². The lowest BCUT2D eigenvalue weighted by Gasteiger charge is -2.36. The van der Waals surface area contributed by atoms with Gasteiger partial charge in [0.1, 0.15) is 5.82 Å². The summed E-state index contributed by atoms with van der Waals surface area (Å²) in [7, 11) is 3.88. The van der Waals surface area contributed by atoms with Gasteiger partial charge in [-0.1, -0.05) is 12.1 Å². The lowest BCUT2D eigenvalue weighted by atomic mass is 9.85. The zero-order valence-electron chi connectivity index (χ0n) is 15.2. The number of nitrogens with one attached hydrogen (secondary N) is 2. The fourth-order valence-corrected chi connectivity index (χ4v) is 3.94. The molecule has 2 fully saturated rings. The van der Waals surface area contributed by atoms with Crippen molar-refractivity contribution in [2.24, 2.45) is 5.92 Å². The van der Waals surface area contributed by atoms with E-state index in [4.69, 9.17) is 0 Å². The van der Waals surface area contributed by atoms with Crippen LogP contribution in [0.5, 0.6) is 0 Å². The highest BCUT2D eigenvalue weighted by molar-refractivity contribution is 5.27. The Morgan fingerprint density at radius 2 is 1.88 bits per heavy atom. The monoisotopic (exact) mass is 356 g/mol. The van der Waals surface area contributed by atoms with Crippen LogP contribution in [0, 0.1) is 11.7 Å². The Labute approximate surface area is 153 Å². The summed E-state index contributed by atoms with van der Waals surface area (Å²) in [5, 5.41) is 0. The Hall–Kier alpha value is -2.09. The molecule has 7 heteroatoms. The van der Waals surface area contributed by atoms with Gasteiger partial charge in [0, 0.05) is 63.6 Å². The summed E-state index contributed by atoms with van der Waals surface area (Å²) in [6, 6.07) is 7.49. The number of benzene rings is 1. The van der Waals surface area contributed by atoms with Gasteiger partial charge in [0.25, 0.3) is 0 Å². The number of anilines is 1. The van der Waals surface area contributed by atoms with Crippen molar-refractivity contribution in [2.75, 3.05) is 32.1 Å². The molecule has 0 radical (unpaired) electrons. The molecule has 2 saturated heterocycles. The normalized spacial score (nSPS) is 25.9. The third-order valence-electron chi connectivity index (χ3n) is 5.32. The summed E-state index contributed by atoms with van der Waals surface area (Å²) in [6.45, 7) is 2.89. The van der Waals surface area contributed by atoms with Crippen molar-refractivity contribution in [3.05, 3.63) is 53.6 Å². The second-order valence-corrected chi connectivity index (χ2v) is 7.40. The lowest BCUT2D eigenvalue weighted by Crippen LogP contribution is -2.45. The van der Waals surface area contributed by atoms with Crippen LogP contribution in [0.3, 0.4) is 0 Å². The van der Waals surface area contributed by atoms with E-state index < -0.39 is 0 Å². The Kier molecular flexibility index (Phi) is 4.84. The molecule has 3 unspecified atom stereocenters. The van der Waals surface area contributed by atoms with Crippen LogP contribution in [0.2, 0.25) is 0 Å². The van der Waals surface area contributed by atoms with E-state index in [0.717, 1.165) is 43.1 Å². The van der Waals surface area contributed by atoms with E-state index in [1.54, 1.807) is 0 Å². The molecular formula is C19H25FN6. The Morgan fingerprint density at radius 3 is 2.58 bits per heavy atom. The molecule has 26 heavy (non-hydrogen) atoms. The van der Waals surface area contributed by atoms with Gasteiger partial charge in [0.2, 0.25) is 5.95 Å². The molecule has 2 aliphatic heterocycles. The topological polar surface area (TPSA) is 56.3 Å². The number of piperidine rings is 1. The van der Waals surface area contributed by atoms with Gasteiger partial charge in [-0.15, -0.1) is 0 Å². The molecule has 3 heterocycles. The summed E-state index contributed by atoms with van der Waals surface area (Å²) in [5.74, 6) is 0.993. The molecule has 0 amide bonds. The maximum atomic E-state index is 13.2. The first-order chi connectivity index (χ1) is 12.6. The van der Waals surface area contributed by atoms with Crippen molar-refractivity contribution < 1.29 is 4.39 Å². The molecule has 0 spiro atoms. The van der Waals surface area contributed by atoms with Crippen LogP contribution in [-0.2, 0) is 6.54 Å². The molecular weight excluding hydrogens is 331 g/mol. The average molecular weight is 356 g/mol. The zero-order chi connectivity index (χ0) is 18.1. The summed E-state index contributed by atoms with van der Waals surface area (Å²) < 4.78 is 13.2. The van der Waals surface area contributed by atoms with Crippen molar-refractivity contribution in [1.29, 1.82) is 0 Å². The van der Waals surface area contributed by atoms with Crippen LogP contribution in [0.1, 0.15) is 23.6 Å². The van der Waals surface area contributed by atoms with E-state index in [-0.39, 0.29) is 11.9 Å². The van der Waals surface area contributed by atoms with E-state index in [2.05, 4.69) is 25.7 Å². The first kappa shape index (κ1) is 17.3. The van der Waals surface area contributed by atoms with Crippen LogP contribution in [0.4, 0.5) is 10.3 Å². The second-order valence-electron chi connectivity index (χ2n) is 7.40. The largest absolute Gasteiger partial charge is 0.347 e. The molecule has 3 atom stereocenters. The Balaban J connectivity index is 1.43. The molecule has 1 aromatic heterocycles. The van der Waals surface area contributed by atoms with Gasteiger partial charge in [0.05, 0.1) is 6.04 Å². The minimum absolute atomic E-state index is 0.192. The predicted molar refractivity (Wildman–Crippen MR) is 98.9 cm³/mol. The molecule has 2 N–H and O–H groups in total. The lowest BCUT2D eigenvalue weighted by molar-refractivity contribution is 0.148. The van der Waals surface area contributed by atoms with Crippen LogP contribution in [0.15, 0.2) is 36.7 Å². The number of hydrogen-bond acceptors (Lipinski definition) is 6. The van der Waals surface area contributed by atoms with Gasteiger partial charge < -0.3 is 4.90 Å². The van der Waals surface area contributed by atoms with Crippen molar-refractivity contribution >= 4 is 5.95 Å². The number of likely N-dealkylation sites (tertiary alicyclic amines) is 1. The number of fused-ring (bicyclic) bond motifs is 1. The third kappa shape index (κ3) is 3.56. The van der Waals surface area contributed by atoms with E-state index >= 15 is 0 Å². The van der Waals surface area contributed by atoms with Crippen molar-refractivity contribution in [3.8, 4) is 0 Å². The number of hydrogen-bond donors (Lipinski definition) is 2. The summed E-state index contributed by atoms with van der Waals surface area (Å²) in [4.78, 5) is 13.2. The minimum Gasteiger partial charge on any atom is -0.347 e. The quantitative estimate of drug-likeness (QED) is 0.870. The van der Waals surface area contributed by atoms with Gasteiger partial charge in [-0.05, 0) is 24.1 Å². The van der Waals surface area contributed by atoms with Crippen molar-refractivity contribution in [1.82, 2.24) is 25.7 Å². The average Bonchev–Trinajstić information content (AvgIpc) is 3.06. The highest BCUT2D eigenvalue weighted by atomic mass is 19.1. The first-order valence-corrected chi connectivity index (χ1v) is 9.07. The molecule has 138 valence electrons. The smallest absolute Gasteiger partial charge is 0.224 e. The van der Waals surface area contributed by atoms with Gasteiger partial charge in [-0.2, -0.15) is 0 Å². The Bertz CT molecular complexity index is 733. The third-order valence-corrected chi connectivity index (χ3v) is 5.32. The molecule has 1 aromatic carbocycles. The number of hydrazine groups is 1. The molecule has 2 aliphatic rings. The maximum Gasteiger partial charge on any atom is 0.224 e. The minimum atomic E-state index is -0.192. The van der Waals surface area contributed by atoms with Gasteiger partial charge >= 0.3 is 0 Å². The van der Waals surface area contributed by atoms with Crippen molar-refractivity contribution in [3.63, 3.8) is 0 Å². The van der Waals surface area contributed by atoms with Gasteiger partial charge in [-0.3, -0.25) is 10.3 Å². The van der Waals surface area contributed by atoms with Crippen LogP contribution in [0.25, 0.3) is 0 Å². The molecule has 0 saturated carbocycles. The van der Waals surface area contributed by atoms with Gasteiger partial charge in [-0.25, -0.2) is 19.8 Å². The van der Waals surface area contributed by atoms with E-state index in [0.29, 0.717) is 12.0 Å². The number of aromatic nitrogens is 2. The SMILES string of the molecule is CN(C)c1ncc(CN2CCC3NNC(c4ccc(F)cc4)C3C2)cn1. The van der Waals surface area contributed by atoms with Crippen LogP contribution in [-0.4, -0.2) is 48.1 Å². The number of nitrogens with zero attached hydrogens (tertiary/aromatic N) is 4. The predicted octanol–water partition coefficient (Wildman–Crippen LogP) is 1.72. The molecule has 2 aromatic rings. The summed E-state index contributed by atoms with van der Waals surface area (Å²) >= 11 is 0. The summed E-state index contributed by atoms with van der Waals surface area (Å²) in [6.07, 6.45) is 4.92. The standard InChI is InChI=1S/C19H25FN6/c1-25(2)19-21-9-13(10-22-19)11-26-8-7-17-16(12-26)18(24-23-17)14-3-5-15(20)6-4-14/h3-6,9-10,16-18,23-24H,7-8,11-12H2,1-2H3. The second kappa shape index (κ2) is 7.26. The molecule has 6 nitrogen and oxygen atoms in total. The number of rotatable bonds is 4. The highest BCUT2D eigenvalue weighted by Crippen LogP contribution is 2.34. The van der Waals surface area contributed by atoms with E-state index in [1.807, 2.05) is 43.5 Å². The first-order valence-electron chi connectivity index (χ1n) is 9.07. The van der Waals surface area contributed by atoms with Crippen molar-refractivity contribution in [2.45, 2.75) is 25.0 Å². The molecule has 0 aliphatic carbocycles. The zero-order valence-corrected chi connectivity index (χ0v) is 15.2. The van der Waals surface area contributed by atoms with Crippen LogP contribution < -0.4 is 15.8 Å².